The average Bonchev–Trinajstić information content (AvgIpc) is 2.22. The molecule has 4 nitrogen and oxygen atoms in total. The summed E-state index contributed by atoms with van der Waals surface area (Å²) in [5, 5.41) is 0. The summed E-state index contributed by atoms with van der Waals surface area (Å²) in [5.74, 6) is -2.37. The van der Waals surface area contributed by atoms with Crippen molar-refractivity contribution in [2.24, 2.45) is 0 Å². The van der Waals surface area contributed by atoms with Gasteiger partial charge < -0.3 is 5.73 Å². The summed E-state index contributed by atoms with van der Waals surface area (Å²) >= 11 is 0. The van der Waals surface area contributed by atoms with Crippen LogP contribution < -0.4 is 10.5 Å². The summed E-state index contributed by atoms with van der Waals surface area (Å²) in [6, 6.07) is 1.56. The molecular weight excluding hydrogens is 262 g/mol. The number of unbranched alkanes of at least 4 members (excludes halogenated alkanes) is 2. The van der Waals surface area contributed by atoms with Gasteiger partial charge in [-0.3, -0.25) is 0 Å². The molecule has 18 heavy (non-hydrogen) atoms. The minimum absolute atomic E-state index is 0.152. The van der Waals surface area contributed by atoms with Crippen LogP contribution in [-0.2, 0) is 10.0 Å². The summed E-state index contributed by atoms with van der Waals surface area (Å²) in [6.45, 7) is 2.12. The molecule has 0 aromatic heterocycles. The van der Waals surface area contributed by atoms with E-state index in [0.717, 1.165) is 25.0 Å². The molecule has 0 unspecified atom stereocenters. The van der Waals surface area contributed by atoms with E-state index in [-0.39, 0.29) is 12.2 Å². The predicted molar refractivity (Wildman–Crippen MR) is 65.5 cm³/mol. The van der Waals surface area contributed by atoms with Crippen LogP contribution in [0.5, 0.6) is 0 Å². The molecule has 1 rings (SSSR count). The highest BCUT2D eigenvalue weighted by Crippen LogP contribution is 2.21. The number of hydrogen-bond donors (Lipinski definition) is 2. The average molecular weight is 278 g/mol. The van der Waals surface area contributed by atoms with Gasteiger partial charge in [-0.2, -0.15) is 0 Å². The Balaban J connectivity index is 2.92. The molecule has 0 spiro atoms. The van der Waals surface area contributed by atoms with Crippen LogP contribution in [0.3, 0.4) is 0 Å². The SMILES string of the molecule is CCCCCNS(=O)(=O)c1c(F)cc(N)cc1F. The molecule has 0 aliphatic heterocycles. The van der Waals surface area contributed by atoms with Crippen molar-refractivity contribution in [1.29, 1.82) is 0 Å². The number of nitrogens with two attached hydrogens (primary N) is 1. The molecule has 7 heteroatoms. The summed E-state index contributed by atoms with van der Waals surface area (Å²) in [6.07, 6.45) is 2.38. The van der Waals surface area contributed by atoms with Crippen molar-refractivity contribution >= 4 is 15.7 Å². The van der Waals surface area contributed by atoms with E-state index in [2.05, 4.69) is 4.72 Å². The van der Waals surface area contributed by atoms with E-state index in [9.17, 15) is 17.2 Å². The fourth-order valence-corrected chi connectivity index (χ4v) is 2.68. The Kier molecular flexibility index (Phi) is 5.03. The van der Waals surface area contributed by atoms with Crippen LogP contribution in [0.25, 0.3) is 0 Å². The van der Waals surface area contributed by atoms with E-state index in [4.69, 9.17) is 5.73 Å². The first-order valence-electron chi connectivity index (χ1n) is 5.62. The number of halogens is 2. The zero-order valence-corrected chi connectivity index (χ0v) is 10.9. The van der Waals surface area contributed by atoms with E-state index >= 15 is 0 Å². The second-order valence-electron chi connectivity index (χ2n) is 3.92. The van der Waals surface area contributed by atoms with Crippen molar-refractivity contribution in [3.05, 3.63) is 23.8 Å². The van der Waals surface area contributed by atoms with Gasteiger partial charge in [0.05, 0.1) is 0 Å². The van der Waals surface area contributed by atoms with Gasteiger partial charge in [-0.15, -0.1) is 0 Å². The van der Waals surface area contributed by atoms with E-state index < -0.39 is 26.6 Å². The molecule has 0 saturated carbocycles. The molecule has 0 bridgehead atoms. The van der Waals surface area contributed by atoms with E-state index in [0.29, 0.717) is 6.42 Å². The number of rotatable bonds is 6. The summed E-state index contributed by atoms with van der Waals surface area (Å²) < 4.78 is 52.5. The van der Waals surface area contributed by atoms with Gasteiger partial charge >= 0.3 is 0 Å². The summed E-state index contributed by atoms with van der Waals surface area (Å²) in [5.41, 5.74) is 5.06. The highest BCUT2D eigenvalue weighted by Gasteiger charge is 2.23. The third-order valence-electron chi connectivity index (χ3n) is 2.36. The number of benzene rings is 1. The zero-order valence-electron chi connectivity index (χ0n) is 10.0. The van der Waals surface area contributed by atoms with Crippen molar-refractivity contribution < 1.29 is 17.2 Å². The predicted octanol–water partition coefficient (Wildman–Crippen LogP) is 2.02. The zero-order chi connectivity index (χ0) is 13.8. The van der Waals surface area contributed by atoms with E-state index in [1.807, 2.05) is 6.92 Å². The van der Waals surface area contributed by atoms with Crippen molar-refractivity contribution in [1.82, 2.24) is 4.72 Å². The van der Waals surface area contributed by atoms with Gasteiger partial charge in [-0.25, -0.2) is 21.9 Å². The lowest BCUT2D eigenvalue weighted by molar-refractivity contribution is 0.513. The molecule has 1 aromatic carbocycles. The highest BCUT2D eigenvalue weighted by atomic mass is 32.2. The molecule has 0 aliphatic carbocycles. The number of hydrogen-bond acceptors (Lipinski definition) is 3. The molecule has 0 saturated heterocycles. The lowest BCUT2D eigenvalue weighted by Gasteiger charge is -2.09. The van der Waals surface area contributed by atoms with Crippen molar-refractivity contribution in [2.75, 3.05) is 12.3 Å². The standard InChI is InChI=1S/C11H16F2N2O2S/c1-2-3-4-5-15-18(16,17)11-9(12)6-8(14)7-10(11)13/h6-7,15H,2-5,14H2,1H3. The molecule has 0 fully saturated rings. The lowest BCUT2D eigenvalue weighted by Crippen LogP contribution is -2.26. The second-order valence-corrected chi connectivity index (χ2v) is 5.62. The minimum Gasteiger partial charge on any atom is -0.399 e. The maximum Gasteiger partial charge on any atom is 0.246 e. The Hall–Kier alpha value is -1.21. The molecule has 3 N–H and O–H groups in total. The summed E-state index contributed by atoms with van der Waals surface area (Å²) in [7, 11) is -4.17. The minimum atomic E-state index is -4.17. The number of anilines is 1. The molecule has 0 aliphatic rings. The van der Waals surface area contributed by atoms with Crippen LogP contribution in [0.4, 0.5) is 14.5 Å². The van der Waals surface area contributed by atoms with Gasteiger partial charge in [-0.1, -0.05) is 19.8 Å². The smallest absolute Gasteiger partial charge is 0.246 e. The number of nitrogens with one attached hydrogen (secondary N) is 1. The molecule has 0 amide bonds. The first-order valence-corrected chi connectivity index (χ1v) is 7.11. The van der Waals surface area contributed by atoms with Gasteiger partial charge in [0, 0.05) is 12.2 Å². The second kappa shape index (κ2) is 6.10. The first-order chi connectivity index (χ1) is 8.38. The maximum absolute atomic E-state index is 13.4. The molecule has 1 aromatic rings. The Morgan fingerprint density at radius 1 is 1.22 bits per heavy atom. The Bertz CT molecular complexity index is 495. The van der Waals surface area contributed by atoms with Crippen LogP contribution in [0.1, 0.15) is 26.2 Å². The quantitative estimate of drug-likeness (QED) is 0.617. The normalized spacial score (nSPS) is 11.7. The van der Waals surface area contributed by atoms with Gasteiger partial charge in [0.25, 0.3) is 0 Å². The van der Waals surface area contributed by atoms with Crippen LogP contribution in [0.15, 0.2) is 17.0 Å². The Morgan fingerprint density at radius 3 is 2.28 bits per heavy atom. The van der Waals surface area contributed by atoms with Gasteiger partial charge in [0.2, 0.25) is 10.0 Å². The van der Waals surface area contributed by atoms with Crippen LogP contribution in [0, 0.1) is 11.6 Å². The fraction of sp³-hybridized carbons (Fsp3) is 0.455. The number of sulfonamides is 1. The monoisotopic (exact) mass is 278 g/mol. The maximum atomic E-state index is 13.4. The summed E-state index contributed by atoms with van der Waals surface area (Å²) in [4.78, 5) is -0.979. The van der Waals surface area contributed by atoms with Crippen LogP contribution in [-0.4, -0.2) is 15.0 Å². The topological polar surface area (TPSA) is 72.2 Å². The molecule has 0 atom stereocenters. The Labute approximate surface area is 105 Å². The molecule has 0 heterocycles. The third kappa shape index (κ3) is 3.64. The van der Waals surface area contributed by atoms with Crippen molar-refractivity contribution in [2.45, 2.75) is 31.1 Å². The van der Waals surface area contributed by atoms with Crippen molar-refractivity contribution in [3.63, 3.8) is 0 Å². The molecule has 102 valence electrons. The van der Waals surface area contributed by atoms with Crippen LogP contribution in [0.2, 0.25) is 0 Å². The molecule has 0 radical (unpaired) electrons. The lowest BCUT2D eigenvalue weighted by atomic mass is 10.3. The molecular formula is C11H16F2N2O2S. The number of nitrogen functional groups attached to an aromatic ring is 1. The van der Waals surface area contributed by atoms with E-state index in [1.165, 1.54) is 0 Å². The van der Waals surface area contributed by atoms with Crippen molar-refractivity contribution in [3.8, 4) is 0 Å². The third-order valence-corrected chi connectivity index (χ3v) is 3.87. The van der Waals surface area contributed by atoms with Gasteiger partial charge in [0.15, 0.2) is 4.90 Å². The fourth-order valence-electron chi connectivity index (χ4n) is 1.49. The Morgan fingerprint density at radius 2 is 1.78 bits per heavy atom. The van der Waals surface area contributed by atoms with E-state index in [1.54, 1.807) is 0 Å². The van der Waals surface area contributed by atoms with Gasteiger partial charge in [0.1, 0.15) is 11.6 Å². The first kappa shape index (κ1) is 14.8. The van der Waals surface area contributed by atoms with Crippen LogP contribution >= 0.6 is 0 Å². The largest absolute Gasteiger partial charge is 0.399 e. The van der Waals surface area contributed by atoms with Gasteiger partial charge in [-0.05, 0) is 18.6 Å². The highest BCUT2D eigenvalue weighted by molar-refractivity contribution is 7.89.